The molecule has 0 aromatic heterocycles. The van der Waals surface area contributed by atoms with Crippen LogP contribution in [0.1, 0.15) is 6.92 Å². The monoisotopic (exact) mass is 163 g/mol. The van der Waals surface area contributed by atoms with Crippen LogP contribution in [0.2, 0.25) is 13.1 Å². The van der Waals surface area contributed by atoms with E-state index in [2.05, 4.69) is 0 Å². The molecular weight excluding hydrogens is 146 g/mol. The van der Waals surface area contributed by atoms with Crippen LogP contribution in [-0.2, 0) is 8.85 Å². The lowest BCUT2D eigenvalue weighted by atomic mass is 10.8. The van der Waals surface area contributed by atoms with Crippen molar-refractivity contribution in [3.05, 3.63) is 0 Å². The lowest BCUT2D eigenvalue weighted by Crippen LogP contribution is -2.36. The first-order chi connectivity index (χ1) is 4.62. The van der Waals surface area contributed by atoms with E-state index >= 15 is 0 Å². The molecule has 0 spiro atoms. The van der Waals surface area contributed by atoms with E-state index in [1.807, 2.05) is 20.0 Å². The zero-order valence-corrected chi connectivity index (χ0v) is 8.02. The highest BCUT2D eigenvalue weighted by molar-refractivity contribution is 6.64. The van der Waals surface area contributed by atoms with Crippen molar-refractivity contribution in [3.63, 3.8) is 0 Å². The van der Waals surface area contributed by atoms with Crippen LogP contribution in [0.25, 0.3) is 0 Å². The van der Waals surface area contributed by atoms with Gasteiger partial charge in [0.05, 0.1) is 0 Å². The molecule has 0 radical (unpaired) electrons. The van der Waals surface area contributed by atoms with Gasteiger partial charge in [-0.3, -0.25) is 0 Å². The first-order valence-corrected chi connectivity index (χ1v) is 6.42. The first kappa shape index (κ1) is 10.1. The molecule has 0 atom stereocenters. The fraction of sp³-hybridized carbons (Fsp3) is 1.00. The van der Waals surface area contributed by atoms with E-state index in [-0.39, 0.29) is 0 Å². The van der Waals surface area contributed by atoms with Crippen molar-refractivity contribution in [2.75, 3.05) is 19.8 Å². The second-order valence-electron chi connectivity index (χ2n) is 2.47. The molecule has 2 N–H and O–H groups in total. The minimum absolute atomic E-state index is 0.573. The lowest BCUT2D eigenvalue weighted by Gasteiger charge is -2.21. The zero-order chi connectivity index (χ0) is 8.04. The van der Waals surface area contributed by atoms with Crippen molar-refractivity contribution in [2.45, 2.75) is 20.0 Å². The smallest absolute Gasteiger partial charge is 0.331 e. The molecule has 10 heavy (non-hydrogen) atoms. The van der Waals surface area contributed by atoms with E-state index in [9.17, 15) is 0 Å². The molecule has 0 saturated heterocycles. The summed E-state index contributed by atoms with van der Waals surface area (Å²) in [5.41, 5.74) is 5.27. The van der Waals surface area contributed by atoms with E-state index in [1.54, 1.807) is 0 Å². The summed E-state index contributed by atoms with van der Waals surface area (Å²) in [5.74, 6) is 0. The quantitative estimate of drug-likeness (QED) is 0.607. The highest BCUT2D eigenvalue weighted by Gasteiger charge is 2.22. The maximum Gasteiger partial charge on any atom is 0.331 e. The molecule has 0 rings (SSSR count). The van der Waals surface area contributed by atoms with Crippen LogP contribution in [0.5, 0.6) is 0 Å². The predicted molar refractivity (Wildman–Crippen MR) is 44.1 cm³/mol. The highest BCUT2D eigenvalue weighted by atomic mass is 28.4. The normalized spacial score (nSPS) is 12.0. The van der Waals surface area contributed by atoms with Gasteiger partial charge in [0.1, 0.15) is 0 Å². The molecule has 0 saturated carbocycles. The molecule has 3 nitrogen and oxygen atoms in total. The summed E-state index contributed by atoms with van der Waals surface area (Å²) < 4.78 is 10.8. The van der Waals surface area contributed by atoms with Gasteiger partial charge < -0.3 is 14.6 Å². The summed E-state index contributed by atoms with van der Waals surface area (Å²) in [7, 11) is -1.80. The Labute approximate surface area is 63.8 Å². The van der Waals surface area contributed by atoms with Crippen LogP contribution in [0.4, 0.5) is 0 Å². The Morgan fingerprint density at radius 3 is 2.30 bits per heavy atom. The summed E-state index contributed by atoms with van der Waals surface area (Å²) in [6.07, 6.45) is 0. The van der Waals surface area contributed by atoms with Gasteiger partial charge in [0.2, 0.25) is 0 Å². The fourth-order valence-electron chi connectivity index (χ4n) is 0.694. The third-order valence-electron chi connectivity index (χ3n) is 1.06. The zero-order valence-electron chi connectivity index (χ0n) is 7.02. The first-order valence-electron chi connectivity index (χ1n) is 3.60. The molecule has 0 aliphatic carbocycles. The van der Waals surface area contributed by atoms with E-state index in [0.29, 0.717) is 13.2 Å². The van der Waals surface area contributed by atoms with Crippen LogP contribution in [-0.4, -0.2) is 28.3 Å². The second kappa shape index (κ2) is 4.84. The van der Waals surface area contributed by atoms with Gasteiger partial charge in [0.15, 0.2) is 0 Å². The van der Waals surface area contributed by atoms with Crippen LogP contribution >= 0.6 is 0 Å². The van der Waals surface area contributed by atoms with Crippen molar-refractivity contribution in [1.82, 2.24) is 0 Å². The molecule has 0 amide bonds. The summed E-state index contributed by atoms with van der Waals surface area (Å²) in [6, 6.07) is 0. The third-order valence-corrected chi connectivity index (χ3v) is 2.94. The Bertz CT molecular complexity index is 87.8. The average molecular weight is 163 g/mol. The van der Waals surface area contributed by atoms with Crippen molar-refractivity contribution in [2.24, 2.45) is 5.73 Å². The average Bonchev–Trinajstić information content (AvgIpc) is 1.84. The summed E-state index contributed by atoms with van der Waals surface area (Å²) >= 11 is 0. The van der Waals surface area contributed by atoms with E-state index < -0.39 is 8.56 Å². The largest absolute Gasteiger partial charge is 0.395 e. The van der Waals surface area contributed by atoms with Crippen molar-refractivity contribution >= 4 is 8.56 Å². The highest BCUT2D eigenvalue weighted by Crippen LogP contribution is 2.04. The Morgan fingerprint density at radius 2 is 1.90 bits per heavy atom. The number of hydrogen-bond acceptors (Lipinski definition) is 3. The van der Waals surface area contributed by atoms with Gasteiger partial charge >= 0.3 is 8.56 Å². The minimum Gasteiger partial charge on any atom is -0.395 e. The van der Waals surface area contributed by atoms with Crippen molar-refractivity contribution < 1.29 is 8.85 Å². The Balaban J connectivity index is 3.42. The summed E-state index contributed by atoms with van der Waals surface area (Å²) in [4.78, 5) is 0. The van der Waals surface area contributed by atoms with Gasteiger partial charge in [-0.1, -0.05) is 0 Å². The minimum atomic E-state index is -1.80. The van der Waals surface area contributed by atoms with Gasteiger partial charge in [-0.05, 0) is 20.0 Å². The molecular formula is C6H17NO2Si. The molecule has 4 heteroatoms. The number of nitrogens with two attached hydrogens (primary N) is 1. The molecule has 62 valence electrons. The maximum atomic E-state index is 5.41. The molecule has 0 heterocycles. The van der Waals surface area contributed by atoms with Crippen LogP contribution in [0, 0.1) is 0 Å². The molecule has 0 bridgehead atoms. The Morgan fingerprint density at radius 1 is 1.30 bits per heavy atom. The molecule has 0 unspecified atom stereocenters. The van der Waals surface area contributed by atoms with Gasteiger partial charge in [-0.25, -0.2) is 0 Å². The van der Waals surface area contributed by atoms with E-state index in [0.717, 1.165) is 6.61 Å². The molecule has 0 aromatic rings. The van der Waals surface area contributed by atoms with Crippen molar-refractivity contribution in [1.29, 1.82) is 0 Å². The van der Waals surface area contributed by atoms with Gasteiger partial charge in [0, 0.05) is 19.8 Å². The fourth-order valence-corrected chi connectivity index (χ4v) is 2.08. The van der Waals surface area contributed by atoms with E-state index in [1.165, 1.54) is 0 Å². The molecule has 0 aromatic carbocycles. The lowest BCUT2D eigenvalue weighted by molar-refractivity contribution is 0.191. The van der Waals surface area contributed by atoms with Gasteiger partial charge in [0.25, 0.3) is 0 Å². The Kier molecular flexibility index (Phi) is 4.89. The number of rotatable bonds is 5. The van der Waals surface area contributed by atoms with Crippen LogP contribution in [0.3, 0.4) is 0 Å². The summed E-state index contributed by atoms with van der Waals surface area (Å²) in [5, 5.41) is 0. The third kappa shape index (κ3) is 4.93. The number of hydrogen-bond donors (Lipinski definition) is 1. The van der Waals surface area contributed by atoms with Gasteiger partial charge in [-0.2, -0.15) is 0 Å². The molecule has 0 aliphatic rings. The standard InChI is InChI=1S/C6H17NO2Si/c1-4-8-10(2,3)9-6-5-7/h4-7H2,1-3H3. The van der Waals surface area contributed by atoms with Crippen LogP contribution < -0.4 is 5.73 Å². The molecule has 0 aliphatic heterocycles. The van der Waals surface area contributed by atoms with Crippen LogP contribution in [0.15, 0.2) is 0 Å². The Hall–Kier alpha value is 0.0969. The summed E-state index contributed by atoms with van der Waals surface area (Å²) in [6.45, 7) is 7.92. The van der Waals surface area contributed by atoms with Gasteiger partial charge in [-0.15, -0.1) is 0 Å². The SMILES string of the molecule is CCO[Si](C)(C)OCCN. The predicted octanol–water partition coefficient (Wildman–Crippen LogP) is 0.700. The topological polar surface area (TPSA) is 44.5 Å². The molecule has 0 fully saturated rings. The van der Waals surface area contributed by atoms with E-state index in [4.69, 9.17) is 14.6 Å². The maximum absolute atomic E-state index is 5.41. The second-order valence-corrected chi connectivity index (χ2v) is 5.85. The van der Waals surface area contributed by atoms with Crippen molar-refractivity contribution in [3.8, 4) is 0 Å².